The summed E-state index contributed by atoms with van der Waals surface area (Å²) >= 11 is 0. The van der Waals surface area contributed by atoms with Crippen molar-refractivity contribution in [3.8, 4) is 11.1 Å². The molecule has 2 aromatic carbocycles. The normalized spacial score (nSPS) is 10.7. The summed E-state index contributed by atoms with van der Waals surface area (Å²) in [6.45, 7) is 0. The van der Waals surface area contributed by atoms with E-state index in [1.807, 2.05) is 42.5 Å². The molecule has 1 amide bonds. The minimum Gasteiger partial charge on any atom is -0.322 e. The minimum atomic E-state index is -0.226. The Balaban J connectivity index is 1.56. The Morgan fingerprint density at radius 1 is 0.917 bits per heavy atom. The molecule has 0 saturated heterocycles. The molecule has 0 aliphatic heterocycles. The lowest BCUT2D eigenvalue weighted by molar-refractivity contribution is 0.102. The molecule has 0 aliphatic rings. The Hall–Kier alpha value is -3.47. The topological polar surface area (TPSA) is 59.3 Å². The summed E-state index contributed by atoms with van der Waals surface area (Å²) in [5, 5.41) is 7.01. The molecule has 0 atom stereocenters. The quantitative estimate of drug-likeness (QED) is 0.628. The van der Waals surface area contributed by atoms with Crippen LogP contribution in [0.3, 0.4) is 0 Å². The zero-order valence-corrected chi connectivity index (χ0v) is 12.8. The summed E-state index contributed by atoms with van der Waals surface area (Å²) in [5.41, 5.74) is 3.96. The number of anilines is 1. The number of hydrogen-bond acceptors (Lipinski definition) is 3. The fourth-order valence-corrected chi connectivity index (χ4v) is 2.56. The largest absolute Gasteiger partial charge is 0.322 e. The first kappa shape index (κ1) is 14.1. The molecule has 1 N–H and O–H groups in total. The van der Waals surface area contributed by atoms with Crippen LogP contribution >= 0.6 is 0 Å². The molecule has 5 heteroatoms. The molecule has 5 nitrogen and oxygen atoms in total. The lowest BCUT2D eigenvalue weighted by atomic mass is 10.1. The van der Waals surface area contributed by atoms with Crippen molar-refractivity contribution < 1.29 is 4.79 Å². The van der Waals surface area contributed by atoms with Crippen LogP contribution in [0.5, 0.6) is 0 Å². The van der Waals surface area contributed by atoms with Gasteiger partial charge in [0.25, 0.3) is 5.91 Å². The van der Waals surface area contributed by atoms with Gasteiger partial charge < -0.3 is 5.32 Å². The van der Waals surface area contributed by atoms with Gasteiger partial charge in [0, 0.05) is 18.1 Å². The third kappa shape index (κ3) is 2.63. The summed E-state index contributed by atoms with van der Waals surface area (Å²) in [7, 11) is 0. The monoisotopic (exact) mass is 314 g/mol. The zero-order valence-electron chi connectivity index (χ0n) is 12.8. The lowest BCUT2D eigenvalue weighted by Crippen LogP contribution is -2.11. The first-order chi connectivity index (χ1) is 11.8. The van der Waals surface area contributed by atoms with E-state index in [1.54, 1.807) is 23.0 Å². The molecule has 0 fully saturated rings. The highest BCUT2D eigenvalue weighted by Gasteiger charge is 2.13. The number of nitrogens with one attached hydrogen (secondary N) is 1. The van der Waals surface area contributed by atoms with Gasteiger partial charge in [-0.1, -0.05) is 42.5 Å². The number of amides is 1. The van der Waals surface area contributed by atoms with Crippen molar-refractivity contribution >= 4 is 17.2 Å². The molecule has 0 aliphatic carbocycles. The van der Waals surface area contributed by atoms with E-state index in [9.17, 15) is 4.79 Å². The third-order valence-corrected chi connectivity index (χ3v) is 3.77. The molecule has 0 saturated carbocycles. The second-order valence-electron chi connectivity index (χ2n) is 5.34. The highest BCUT2D eigenvalue weighted by Crippen LogP contribution is 2.21. The molecule has 4 rings (SSSR count). The molecule has 24 heavy (non-hydrogen) atoms. The highest BCUT2D eigenvalue weighted by molar-refractivity contribution is 6.08. The van der Waals surface area contributed by atoms with Crippen LogP contribution in [0.15, 0.2) is 79.3 Å². The van der Waals surface area contributed by atoms with E-state index in [2.05, 4.69) is 27.5 Å². The third-order valence-electron chi connectivity index (χ3n) is 3.77. The van der Waals surface area contributed by atoms with Crippen molar-refractivity contribution in [2.24, 2.45) is 0 Å². The molecular weight excluding hydrogens is 300 g/mol. The SMILES string of the molecule is O=C(Nc1ccc(-c2ccccc2)cc1)c1cnn2cccnc12. The van der Waals surface area contributed by atoms with Gasteiger partial charge in [0.05, 0.1) is 6.20 Å². The summed E-state index contributed by atoms with van der Waals surface area (Å²) < 4.78 is 1.58. The average molecular weight is 314 g/mol. The van der Waals surface area contributed by atoms with Gasteiger partial charge in [0.15, 0.2) is 5.65 Å². The van der Waals surface area contributed by atoms with E-state index in [4.69, 9.17) is 0 Å². The van der Waals surface area contributed by atoms with E-state index in [0.717, 1.165) is 16.8 Å². The van der Waals surface area contributed by atoms with Crippen LogP contribution in [0.25, 0.3) is 16.8 Å². The Kier molecular flexibility index (Phi) is 3.51. The van der Waals surface area contributed by atoms with Crippen LogP contribution < -0.4 is 5.32 Å². The molecular formula is C19H14N4O. The molecule has 0 spiro atoms. The number of fused-ring (bicyclic) bond motifs is 1. The lowest BCUT2D eigenvalue weighted by Gasteiger charge is -2.06. The predicted molar refractivity (Wildman–Crippen MR) is 92.8 cm³/mol. The molecule has 0 bridgehead atoms. The van der Waals surface area contributed by atoms with Crippen LogP contribution in [0.4, 0.5) is 5.69 Å². The summed E-state index contributed by atoms with van der Waals surface area (Å²) in [6, 6.07) is 19.6. The fourth-order valence-electron chi connectivity index (χ4n) is 2.56. The van der Waals surface area contributed by atoms with Crippen LogP contribution in [0.2, 0.25) is 0 Å². The Bertz CT molecular complexity index is 991. The summed E-state index contributed by atoms with van der Waals surface area (Å²) in [5.74, 6) is -0.226. The van der Waals surface area contributed by atoms with Gasteiger partial charge in [-0.15, -0.1) is 0 Å². The maximum absolute atomic E-state index is 12.4. The van der Waals surface area contributed by atoms with E-state index in [1.165, 1.54) is 6.20 Å². The standard InChI is InChI=1S/C19H14N4O/c24-19(17-13-21-23-12-4-11-20-18(17)23)22-16-9-7-15(8-10-16)14-5-2-1-3-6-14/h1-13H,(H,22,24). The number of carbonyl (C=O) groups excluding carboxylic acids is 1. The van der Waals surface area contributed by atoms with E-state index in [-0.39, 0.29) is 5.91 Å². The second-order valence-corrected chi connectivity index (χ2v) is 5.34. The van der Waals surface area contributed by atoms with Gasteiger partial charge >= 0.3 is 0 Å². The predicted octanol–water partition coefficient (Wildman–Crippen LogP) is 3.65. The van der Waals surface area contributed by atoms with Crippen molar-refractivity contribution in [1.82, 2.24) is 14.6 Å². The number of benzene rings is 2. The molecule has 4 aromatic rings. The van der Waals surface area contributed by atoms with Gasteiger partial charge in [-0.25, -0.2) is 9.50 Å². The fraction of sp³-hybridized carbons (Fsp3) is 0. The molecule has 0 unspecified atom stereocenters. The average Bonchev–Trinajstić information content (AvgIpc) is 3.07. The van der Waals surface area contributed by atoms with Gasteiger partial charge in [0.2, 0.25) is 0 Å². The number of aromatic nitrogens is 3. The first-order valence-electron chi connectivity index (χ1n) is 7.56. The van der Waals surface area contributed by atoms with E-state index < -0.39 is 0 Å². The van der Waals surface area contributed by atoms with Crippen molar-refractivity contribution in [3.63, 3.8) is 0 Å². The summed E-state index contributed by atoms with van der Waals surface area (Å²) in [4.78, 5) is 16.6. The zero-order chi connectivity index (χ0) is 16.4. The highest BCUT2D eigenvalue weighted by atomic mass is 16.1. The molecule has 116 valence electrons. The Labute approximate surface area is 138 Å². The van der Waals surface area contributed by atoms with Gasteiger partial charge in [-0.05, 0) is 29.3 Å². The van der Waals surface area contributed by atoms with Crippen molar-refractivity contribution in [2.75, 3.05) is 5.32 Å². The van der Waals surface area contributed by atoms with Crippen molar-refractivity contribution in [3.05, 3.63) is 84.8 Å². The minimum absolute atomic E-state index is 0.226. The van der Waals surface area contributed by atoms with Crippen LogP contribution in [-0.4, -0.2) is 20.5 Å². The number of nitrogens with zero attached hydrogens (tertiary/aromatic N) is 3. The Morgan fingerprint density at radius 3 is 2.46 bits per heavy atom. The van der Waals surface area contributed by atoms with Crippen LogP contribution in [-0.2, 0) is 0 Å². The van der Waals surface area contributed by atoms with E-state index >= 15 is 0 Å². The number of hydrogen-bond donors (Lipinski definition) is 1. The molecule has 2 aromatic heterocycles. The smallest absolute Gasteiger partial charge is 0.261 e. The second kappa shape index (κ2) is 5.96. The van der Waals surface area contributed by atoms with Gasteiger partial charge in [-0.3, -0.25) is 4.79 Å². The first-order valence-corrected chi connectivity index (χ1v) is 7.56. The van der Waals surface area contributed by atoms with Gasteiger partial charge in [0.1, 0.15) is 5.56 Å². The number of rotatable bonds is 3. The molecule has 2 heterocycles. The van der Waals surface area contributed by atoms with Gasteiger partial charge in [-0.2, -0.15) is 5.10 Å². The molecule has 0 radical (unpaired) electrons. The maximum Gasteiger partial charge on any atom is 0.261 e. The maximum atomic E-state index is 12.4. The van der Waals surface area contributed by atoms with E-state index in [0.29, 0.717) is 11.2 Å². The van der Waals surface area contributed by atoms with Crippen LogP contribution in [0.1, 0.15) is 10.4 Å². The van der Waals surface area contributed by atoms with Crippen molar-refractivity contribution in [2.45, 2.75) is 0 Å². The summed E-state index contributed by atoms with van der Waals surface area (Å²) in [6.07, 6.45) is 4.92. The van der Waals surface area contributed by atoms with Crippen LogP contribution in [0, 0.1) is 0 Å². The number of carbonyl (C=O) groups is 1. The van der Waals surface area contributed by atoms with Crippen molar-refractivity contribution in [1.29, 1.82) is 0 Å². The Morgan fingerprint density at radius 2 is 1.67 bits per heavy atom.